The maximum Gasteiger partial charge on any atom is 0.256 e. The van der Waals surface area contributed by atoms with Crippen molar-refractivity contribution in [1.29, 1.82) is 0 Å². The van der Waals surface area contributed by atoms with Gasteiger partial charge < -0.3 is 10.2 Å². The van der Waals surface area contributed by atoms with Gasteiger partial charge >= 0.3 is 0 Å². The van der Waals surface area contributed by atoms with Crippen molar-refractivity contribution in [2.75, 3.05) is 26.2 Å². The maximum absolute atomic E-state index is 12.8. The van der Waals surface area contributed by atoms with Crippen molar-refractivity contribution in [3.63, 3.8) is 0 Å². The third-order valence-electron chi connectivity index (χ3n) is 5.88. The summed E-state index contributed by atoms with van der Waals surface area (Å²) in [6, 6.07) is 10.4. The van der Waals surface area contributed by atoms with Crippen LogP contribution in [0.4, 0.5) is 0 Å². The van der Waals surface area contributed by atoms with E-state index in [0.717, 1.165) is 36.3 Å². The quantitative estimate of drug-likeness (QED) is 0.467. The lowest BCUT2D eigenvalue weighted by atomic mass is 10.0. The molecule has 0 spiro atoms. The van der Waals surface area contributed by atoms with Crippen molar-refractivity contribution < 1.29 is 9.69 Å². The smallest absolute Gasteiger partial charge is 0.256 e. The van der Waals surface area contributed by atoms with Crippen LogP contribution in [0.3, 0.4) is 0 Å². The van der Waals surface area contributed by atoms with Crippen LogP contribution in [0, 0.1) is 13.8 Å². The van der Waals surface area contributed by atoms with Crippen molar-refractivity contribution in [2.24, 2.45) is 0 Å². The zero-order chi connectivity index (χ0) is 22.2. The number of nitrogens with one attached hydrogen (secondary N) is 2. The third-order valence-corrected chi connectivity index (χ3v) is 5.88. The molecule has 2 aromatic heterocycles. The molecule has 1 aromatic carbocycles. The van der Waals surface area contributed by atoms with Gasteiger partial charge in [0.25, 0.3) is 5.91 Å². The fraction of sp³-hybridized carbons (Fsp3) is 0.480. The number of aromatic nitrogens is 3. The Morgan fingerprint density at radius 2 is 1.77 bits per heavy atom. The number of benzene rings is 1. The Bertz CT molecular complexity index is 990. The summed E-state index contributed by atoms with van der Waals surface area (Å²) in [6.07, 6.45) is 5.81. The van der Waals surface area contributed by atoms with Gasteiger partial charge in [-0.2, -0.15) is 5.10 Å². The molecule has 31 heavy (non-hydrogen) atoms. The Balaban J connectivity index is 1.68. The maximum atomic E-state index is 12.8. The number of aryl methyl sites for hydroxylation is 2. The number of hydrogen-bond donors (Lipinski definition) is 2. The minimum Gasteiger partial charge on any atom is -0.352 e. The molecule has 6 nitrogen and oxygen atoms in total. The largest absolute Gasteiger partial charge is 0.352 e. The summed E-state index contributed by atoms with van der Waals surface area (Å²) < 4.78 is 1.80. The van der Waals surface area contributed by atoms with Crippen molar-refractivity contribution in [1.82, 2.24) is 19.9 Å². The third kappa shape index (κ3) is 5.70. The molecule has 0 aliphatic rings. The fourth-order valence-corrected chi connectivity index (χ4v) is 4.24. The van der Waals surface area contributed by atoms with E-state index in [-0.39, 0.29) is 5.91 Å². The van der Waals surface area contributed by atoms with E-state index in [4.69, 9.17) is 4.98 Å². The second-order valence-electron chi connectivity index (χ2n) is 8.33. The minimum atomic E-state index is -0.0929. The molecule has 0 atom stereocenters. The van der Waals surface area contributed by atoms with Gasteiger partial charge in [-0.05, 0) is 37.8 Å². The summed E-state index contributed by atoms with van der Waals surface area (Å²) >= 11 is 0. The molecule has 1 amide bonds. The Hall–Kier alpha value is -2.73. The van der Waals surface area contributed by atoms with Crippen LogP contribution in [0.25, 0.3) is 5.65 Å². The van der Waals surface area contributed by atoms with Crippen LogP contribution in [0.15, 0.2) is 36.5 Å². The number of carbonyl (C=O) groups excluding carboxylic acids is 1. The highest BCUT2D eigenvalue weighted by Gasteiger charge is 2.18. The van der Waals surface area contributed by atoms with Gasteiger partial charge in [0, 0.05) is 30.8 Å². The summed E-state index contributed by atoms with van der Waals surface area (Å²) in [6.45, 7) is 12.7. The number of quaternary nitrogens is 1. The van der Waals surface area contributed by atoms with Gasteiger partial charge in [0.05, 0.1) is 25.8 Å². The molecule has 0 radical (unpaired) electrons. The fourth-order valence-electron chi connectivity index (χ4n) is 4.24. The normalized spacial score (nSPS) is 11.4. The topological polar surface area (TPSA) is 63.7 Å². The summed E-state index contributed by atoms with van der Waals surface area (Å²) in [5.74, 6) is -0.0929. The van der Waals surface area contributed by atoms with Gasteiger partial charge in [-0.3, -0.25) is 4.79 Å². The lowest BCUT2D eigenvalue weighted by Gasteiger charge is -2.18. The zero-order valence-corrected chi connectivity index (χ0v) is 19.4. The Kier molecular flexibility index (Phi) is 8.18. The van der Waals surface area contributed by atoms with Gasteiger partial charge in [0.2, 0.25) is 0 Å². The van der Waals surface area contributed by atoms with E-state index in [1.807, 2.05) is 32.0 Å². The Morgan fingerprint density at radius 3 is 2.45 bits per heavy atom. The van der Waals surface area contributed by atoms with Crippen LogP contribution >= 0.6 is 0 Å². The van der Waals surface area contributed by atoms with Crippen LogP contribution < -0.4 is 10.2 Å². The zero-order valence-electron chi connectivity index (χ0n) is 19.4. The number of amides is 1. The number of nitrogens with zero attached hydrogens (tertiary/aromatic N) is 3. The lowest BCUT2D eigenvalue weighted by molar-refractivity contribution is -0.900. The molecular formula is C25H36N5O+. The average Bonchev–Trinajstić information content (AvgIpc) is 3.19. The van der Waals surface area contributed by atoms with E-state index in [9.17, 15) is 4.79 Å². The molecule has 0 aliphatic heterocycles. The Labute approximate surface area is 185 Å². The second-order valence-corrected chi connectivity index (χ2v) is 8.33. The highest BCUT2D eigenvalue weighted by atomic mass is 16.1. The number of hydrogen-bond acceptors (Lipinski definition) is 3. The van der Waals surface area contributed by atoms with Gasteiger partial charge in [-0.25, -0.2) is 9.50 Å². The predicted octanol–water partition coefficient (Wildman–Crippen LogP) is 2.76. The lowest BCUT2D eigenvalue weighted by Crippen LogP contribution is -3.12. The predicted molar refractivity (Wildman–Crippen MR) is 125 cm³/mol. The van der Waals surface area contributed by atoms with Crippen molar-refractivity contribution >= 4 is 11.6 Å². The summed E-state index contributed by atoms with van der Waals surface area (Å²) in [5, 5.41) is 7.54. The molecule has 0 aliphatic carbocycles. The van der Waals surface area contributed by atoms with Crippen LogP contribution in [-0.4, -0.2) is 46.7 Å². The molecule has 3 rings (SSSR count). The first kappa shape index (κ1) is 22.9. The van der Waals surface area contributed by atoms with E-state index in [1.54, 1.807) is 15.6 Å². The first-order valence-corrected chi connectivity index (χ1v) is 11.5. The number of carbonyl (C=O) groups is 1. The van der Waals surface area contributed by atoms with Gasteiger partial charge in [-0.15, -0.1) is 0 Å². The monoisotopic (exact) mass is 422 g/mol. The van der Waals surface area contributed by atoms with Crippen LogP contribution in [0.2, 0.25) is 0 Å². The Morgan fingerprint density at radius 1 is 1.06 bits per heavy atom. The molecule has 166 valence electrons. The van der Waals surface area contributed by atoms with Crippen LogP contribution in [-0.2, 0) is 6.42 Å². The summed E-state index contributed by atoms with van der Waals surface area (Å²) in [4.78, 5) is 19.2. The number of fused-ring (bicyclic) bond motifs is 1. The van der Waals surface area contributed by atoms with E-state index in [0.29, 0.717) is 17.8 Å². The molecule has 0 bridgehead atoms. The highest BCUT2D eigenvalue weighted by Crippen LogP contribution is 2.20. The van der Waals surface area contributed by atoms with E-state index < -0.39 is 0 Å². The van der Waals surface area contributed by atoms with Gasteiger partial charge in [0.1, 0.15) is 5.56 Å². The molecule has 6 heteroatoms. The average molecular weight is 423 g/mol. The van der Waals surface area contributed by atoms with Gasteiger partial charge in [0.15, 0.2) is 5.65 Å². The van der Waals surface area contributed by atoms with E-state index in [1.165, 1.54) is 31.5 Å². The minimum absolute atomic E-state index is 0.0929. The van der Waals surface area contributed by atoms with Crippen molar-refractivity contribution in [2.45, 2.75) is 53.4 Å². The molecule has 0 fully saturated rings. The van der Waals surface area contributed by atoms with Crippen LogP contribution in [0.5, 0.6) is 0 Å². The van der Waals surface area contributed by atoms with E-state index >= 15 is 0 Å². The van der Waals surface area contributed by atoms with Crippen molar-refractivity contribution in [3.05, 3.63) is 64.6 Å². The summed E-state index contributed by atoms with van der Waals surface area (Å²) in [7, 11) is 0. The molecule has 2 heterocycles. The molecule has 2 N–H and O–H groups in total. The molecule has 0 saturated carbocycles. The van der Waals surface area contributed by atoms with E-state index in [2.05, 4.69) is 36.4 Å². The molecular weight excluding hydrogens is 386 g/mol. The van der Waals surface area contributed by atoms with Crippen LogP contribution in [0.1, 0.15) is 66.0 Å². The van der Waals surface area contributed by atoms with Crippen molar-refractivity contribution in [3.8, 4) is 0 Å². The molecule has 0 unspecified atom stereocenters. The highest BCUT2D eigenvalue weighted by molar-refractivity contribution is 5.99. The number of rotatable bonds is 11. The second kappa shape index (κ2) is 11.0. The first-order chi connectivity index (χ1) is 15.0. The molecule has 0 saturated heterocycles. The summed E-state index contributed by atoms with van der Waals surface area (Å²) in [5.41, 5.74) is 5.55. The SMILES string of the molecule is CCC[NH+](CCC)CCCNC(=O)c1cnn2c(C)c(Cc3ccccc3)c(C)nc12. The standard InChI is InChI=1S/C25H35N5O/c1-5-14-29(15-6-2)16-10-13-26-25(31)23-18-27-30-20(4)22(19(3)28-24(23)30)17-21-11-8-7-9-12-21/h7-9,11-12,18H,5-6,10,13-17H2,1-4H3,(H,26,31)/p+1. The first-order valence-electron chi connectivity index (χ1n) is 11.5. The van der Waals surface area contributed by atoms with Gasteiger partial charge in [-0.1, -0.05) is 44.2 Å². The molecule has 3 aromatic rings.